The molecule has 42 heavy (non-hydrogen) atoms. The number of benzene rings is 3. The minimum Gasteiger partial charge on any atom is -0.545 e. The Balaban J connectivity index is 0.000000313. The number of carboxylic acid groups (broad SMARTS) is 1. The molecule has 1 N–H and O–H groups in total. The highest BCUT2D eigenvalue weighted by atomic mass is 16.7. The lowest BCUT2D eigenvalue weighted by atomic mass is 9.89. The maximum atomic E-state index is 11.8. The first-order valence-corrected chi connectivity index (χ1v) is 13.2. The summed E-state index contributed by atoms with van der Waals surface area (Å²) < 4.78 is 6.26. The molecule has 10 heteroatoms. The van der Waals surface area contributed by atoms with Crippen molar-refractivity contribution in [1.29, 1.82) is 5.41 Å². The molecule has 0 spiro atoms. The molecule has 0 bridgehead atoms. The molecule has 1 saturated heterocycles. The molecule has 2 amide bonds. The number of carbonyl (C=O) groups excluding carboxylic acids is 4. The van der Waals surface area contributed by atoms with Crippen molar-refractivity contribution in [3.8, 4) is 22.5 Å². The minimum absolute atomic E-state index is 0.131. The van der Waals surface area contributed by atoms with Crippen molar-refractivity contribution >= 4 is 41.4 Å². The summed E-state index contributed by atoms with van der Waals surface area (Å²) in [6.45, 7) is 12.4. The van der Waals surface area contributed by atoms with Crippen molar-refractivity contribution < 1.29 is 33.5 Å². The Labute approximate surface area is 243 Å². The molecule has 0 atom stereocenters. The summed E-state index contributed by atoms with van der Waals surface area (Å²) in [5, 5.41) is 19.6. The molecule has 0 unspecified atom stereocenters. The second-order valence-corrected chi connectivity index (χ2v) is 9.52. The van der Waals surface area contributed by atoms with Crippen LogP contribution in [0.15, 0.2) is 57.9 Å². The molecule has 5 rings (SSSR count). The number of rotatable bonds is 4. The van der Waals surface area contributed by atoms with Crippen LogP contribution in [0, 0.1) is 26.2 Å². The fourth-order valence-electron chi connectivity index (χ4n) is 4.59. The second kappa shape index (κ2) is 13.5. The highest BCUT2D eigenvalue weighted by Gasteiger charge is 2.31. The van der Waals surface area contributed by atoms with E-state index in [1.807, 2.05) is 58.0 Å². The standard InChI is InChI=1S/C25H23NO3.C6H7NO4.CH3N/c1-5-26-21-13-23-20(11-16(21)4)24(17-8-6-7-9-18(17)25(27)28)19-10-14(2)15(3)12-22(19)29-23;1-4(8)11-7-5(9)2-3-6(7)10;1-2/h6-13H,5H2,1-4H3,(H,27,28);2-3H2,1H3;2H,1H2/p-1. The zero-order valence-corrected chi connectivity index (χ0v) is 24.2. The average molecular weight is 571 g/mol. The first kappa shape index (κ1) is 31.4. The number of hydrogen-bond donors (Lipinski definition) is 1. The van der Waals surface area contributed by atoms with Crippen LogP contribution >= 0.6 is 0 Å². The maximum Gasteiger partial charge on any atom is 0.330 e. The third-order valence-electron chi connectivity index (χ3n) is 6.62. The Morgan fingerprint density at radius 3 is 2.19 bits per heavy atom. The van der Waals surface area contributed by atoms with Crippen LogP contribution in [-0.4, -0.2) is 42.1 Å². The predicted molar refractivity (Wildman–Crippen MR) is 156 cm³/mol. The smallest absolute Gasteiger partial charge is 0.330 e. The summed E-state index contributed by atoms with van der Waals surface area (Å²) in [5.41, 5.74) is 6.47. The summed E-state index contributed by atoms with van der Waals surface area (Å²) in [7, 11) is 0. The number of imide groups is 1. The maximum absolute atomic E-state index is 11.8. The first-order valence-electron chi connectivity index (χ1n) is 13.2. The van der Waals surface area contributed by atoms with E-state index in [9.17, 15) is 24.3 Å². The molecule has 2 aromatic rings. The highest BCUT2D eigenvalue weighted by Crippen LogP contribution is 2.42. The van der Waals surface area contributed by atoms with Gasteiger partial charge in [-0.05, 0) is 74.9 Å². The Morgan fingerprint density at radius 1 is 0.976 bits per heavy atom. The largest absolute Gasteiger partial charge is 0.545 e. The molecule has 3 aliphatic rings. The molecule has 0 aromatic heterocycles. The van der Waals surface area contributed by atoms with Crippen molar-refractivity contribution in [2.24, 2.45) is 4.99 Å². The Hall–Kier alpha value is -5.12. The van der Waals surface area contributed by atoms with Gasteiger partial charge in [-0.15, -0.1) is 5.06 Å². The van der Waals surface area contributed by atoms with Crippen molar-refractivity contribution in [2.75, 3.05) is 6.54 Å². The number of aryl methyl sites for hydroxylation is 3. The fraction of sp³-hybridized carbons (Fsp3) is 0.250. The first-order chi connectivity index (χ1) is 20.0. The van der Waals surface area contributed by atoms with Gasteiger partial charge in [0.15, 0.2) is 0 Å². The number of hydrogen-bond acceptors (Lipinski definition) is 9. The van der Waals surface area contributed by atoms with Gasteiger partial charge in [0.2, 0.25) is 0 Å². The molecular formula is C32H32N3O7-. The van der Waals surface area contributed by atoms with Crippen molar-refractivity contribution in [3.05, 3.63) is 76.1 Å². The van der Waals surface area contributed by atoms with Gasteiger partial charge >= 0.3 is 5.97 Å². The highest BCUT2D eigenvalue weighted by molar-refractivity contribution is 6.07. The normalized spacial score (nSPS) is 13.0. The predicted octanol–water partition coefficient (Wildman–Crippen LogP) is 4.29. The van der Waals surface area contributed by atoms with Gasteiger partial charge in [0.05, 0.1) is 11.3 Å². The monoisotopic (exact) mass is 570 g/mol. The van der Waals surface area contributed by atoms with Crippen molar-refractivity contribution in [2.45, 2.75) is 47.5 Å². The van der Waals surface area contributed by atoms with Crippen LogP contribution in [-0.2, 0) is 19.2 Å². The molecule has 1 fully saturated rings. The molecule has 2 aromatic carbocycles. The van der Waals surface area contributed by atoms with E-state index in [1.165, 1.54) is 0 Å². The summed E-state index contributed by atoms with van der Waals surface area (Å²) in [6, 6.07) is 15.0. The summed E-state index contributed by atoms with van der Waals surface area (Å²) in [5.74, 6) is -2.08. The van der Waals surface area contributed by atoms with Crippen LogP contribution in [0.2, 0.25) is 0 Å². The van der Waals surface area contributed by atoms with Gasteiger partial charge in [0.1, 0.15) is 11.3 Å². The van der Waals surface area contributed by atoms with Gasteiger partial charge in [0, 0.05) is 54.5 Å². The minimum atomic E-state index is -1.19. The van der Waals surface area contributed by atoms with E-state index < -0.39 is 23.8 Å². The molecule has 0 saturated carbocycles. The van der Waals surface area contributed by atoms with Crippen LogP contribution in [0.4, 0.5) is 0 Å². The lowest BCUT2D eigenvalue weighted by Crippen LogP contribution is -2.30. The third-order valence-corrected chi connectivity index (χ3v) is 6.62. The molecule has 2 aliphatic heterocycles. The van der Waals surface area contributed by atoms with E-state index in [1.54, 1.807) is 12.1 Å². The van der Waals surface area contributed by atoms with E-state index in [2.05, 4.69) is 22.6 Å². The van der Waals surface area contributed by atoms with Gasteiger partial charge in [-0.2, -0.15) is 0 Å². The quantitative estimate of drug-likeness (QED) is 0.218. The number of carboxylic acids is 1. The number of nitrogens with zero attached hydrogens (tertiary/aromatic N) is 2. The number of nitrogens with one attached hydrogen (secondary N) is 1. The Morgan fingerprint density at radius 2 is 1.60 bits per heavy atom. The Kier molecular flexibility index (Phi) is 10.1. The second-order valence-electron chi connectivity index (χ2n) is 9.52. The van der Waals surface area contributed by atoms with Crippen LogP contribution < -0.4 is 10.5 Å². The van der Waals surface area contributed by atoms with Crippen LogP contribution in [0.25, 0.3) is 33.4 Å². The zero-order chi connectivity index (χ0) is 31.1. The molecule has 0 radical (unpaired) electrons. The summed E-state index contributed by atoms with van der Waals surface area (Å²) in [4.78, 5) is 52.5. The number of amides is 2. The molecule has 218 valence electrons. The van der Waals surface area contributed by atoms with Crippen molar-refractivity contribution in [3.63, 3.8) is 0 Å². The van der Waals surface area contributed by atoms with Crippen LogP contribution in [0.3, 0.4) is 0 Å². The van der Waals surface area contributed by atoms with Gasteiger partial charge in [0.25, 0.3) is 11.8 Å². The SMILES string of the molecule is C=N.CC(=O)ON1C(=O)CCC1=O.CCN=c1cc2oc3cc(C)c(C)cc3c(-c3ccccc3C(=O)[O-])c-2cc1C. The lowest BCUT2D eigenvalue weighted by molar-refractivity contribution is -0.255. The molecule has 2 heterocycles. The van der Waals surface area contributed by atoms with Crippen molar-refractivity contribution in [1.82, 2.24) is 5.06 Å². The van der Waals surface area contributed by atoms with Crippen LogP contribution in [0.1, 0.15) is 53.7 Å². The number of hydroxylamine groups is 2. The van der Waals surface area contributed by atoms with Gasteiger partial charge < -0.3 is 24.6 Å². The summed E-state index contributed by atoms with van der Waals surface area (Å²) in [6.07, 6.45) is 0.262. The molecular weight excluding hydrogens is 538 g/mol. The number of fused-ring (bicyclic) bond motifs is 2. The van der Waals surface area contributed by atoms with Gasteiger partial charge in [-0.3, -0.25) is 14.6 Å². The van der Waals surface area contributed by atoms with Gasteiger partial charge in [-0.1, -0.05) is 24.3 Å². The molecule has 10 nitrogen and oxygen atoms in total. The number of aromatic carboxylic acids is 1. The third kappa shape index (κ3) is 6.60. The molecule has 1 aliphatic carbocycles. The topological polar surface area (TPSA) is 153 Å². The van der Waals surface area contributed by atoms with Gasteiger partial charge in [-0.25, -0.2) is 4.79 Å². The number of carbonyl (C=O) groups is 4. The van der Waals surface area contributed by atoms with Crippen LogP contribution in [0.5, 0.6) is 0 Å². The summed E-state index contributed by atoms with van der Waals surface area (Å²) >= 11 is 0. The Bertz CT molecular complexity index is 1710. The zero-order valence-electron chi connectivity index (χ0n) is 24.2. The lowest BCUT2D eigenvalue weighted by Gasteiger charge is -2.19. The van der Waals surface area contributed by atoms with E-state index >= 15 is 0 Å². The fourth-order valence-corrected chi connectivity index (χ4v) is 4.59. The van der Waals surface area contributed by atoms with E-state index in [0.717, 1.165) is 51.1 Å². The van der Waals surface area contributed by atoms with E-state index in [0.29, 0.717) is 22.9 Å². The van der Waals surface area contributed by atoms with E-state index in [4.69, 9.17) is 9.83 Å². The van der Waals surface area contributed by atoms with E-state index in [-0.39, 0.29) is 18.4 Å². The average Bonchev–Trinajstić information content (AvgIpc) is 3.27.